The Morgan fingerprint density at radius 1 is 0.935 bits per heavy atom. The first-order chi connectivity index (χ1) is 15.0. The molecule has 0 aromatic heterocycles. The number of carbonyl (C=O) groups is 2. The van der Waals surface area contributed by atoms with Crippen LogP contribution in [0.4, 0.5) is 11.4 Å². The maximum atomic E-state index is 13.5. The summed E-state index contributed by atoms with van der Waals surface area (Å²) in [5.41, 5.74) is 3.28. The number of methoxy groups -OCH3 is 1. The smallest absolute Gasteiger partial charge is 0.258 e. The van der Waals surface area contributed by atoms with E-state index in [1.165, 1.54) is 0 Å². The minimum absolute atomic E-state index is 0.0202. The zero-order valence-corrected chi connectivity index (χ0v) is 18.0. The van der Waals surface area contributed by atoms with Crippen molar-refractivity contribution in [3.8, 4) is 5.75 Å². The molecule has 0 N–H and O–H groups in total. The van der Waals surface area contributed by atoms with Crippen LogP contribution in [0.5, 0.6) is 5.75 Å². The van der Waals surface area contributed by atoms with Gasteiger partial charge in [0, 0.05) is 29.9 Å². The Morgan fingerprint density at radius 2 is 1.58 bits per heavy atom. The standard InChI is InChI=1S/C26H26N2O3/c1-18-17-25(28(19(2)29)21-9-5-4-6-10-21)23-11-7-8-12-24(23)27(18)26(30)20-13-15-22(31-3)16-14-20/h4-16,18,25H,17H2,1-3H3. The van der Waals surface area contributed by atoms with Crippen LogP contribution in [0.1, 0.15) is 42.2 Å². The van der Waals surface area contributed by atoms with E-state index in [1.54, 1.807) is 38.3 Å². The fraction of sp³-hybridized carbons (Fsp3) is 0.231. The van der Waals surface area contributed by atoms with Crippen molar-refractivity contribution in [2.75, 3.05) is 16.9 Å². The van der Waals surface area contributed by atoms with Gasteiger partial charge in [-0.1, -0.05) is 36.4 Å². The fourth-order valence-corrected chi connectivity index (χ4v) is 4.38. The van der Waals surface area contributed by atoms with Crippen LogP contribution in [-0.2, 0) is 4.79 Å². The molecule has 0 spiro atoms. The number of carbonyl (C=O) groups excluding carboxylic acids is 2. The van der Waals surface area contributed by atoms with Gasteiger partial charge in [-0.05, 0) is 61.4 Å². The zero-order chi connectivity index (χ0) is 22.0. The highest BCUT2D eigenvalue weighted by atomic mass is 16.5. The molecule has 0 aliphatic carbocycles. The van der Waals surface area contributed by atoms with Crippen molar-refractivity contribution in [2.24, 2.45) is 0 Å². The topological polar surface area (TPSA) is 49.9 Å². The number of fused-ring (bicyclic) bond motifs is 1. The quantitative estimate of drug-likeness (QED) is 0.587. The summed E-state index contributed by atoms with van der Waals surface area (Å²) in [7, 11) is 1.60. The Balaban J connectivity index is 1.75. The molecule has 5 nitrogen and oxygen atoms in total. The molecule has 0 radical (unpaired) electrons. The van der Waals surface area contributed by atoms with Crippen LogP contribution in [-0.4, -0.2) is 25.0 Å². The third-order valence-electron chi connectivity index (χ3n) is 5.80. The lowest BCUT2D eigenvalue weighted by atomic mass is 9.89. The molecule has 4 rings (SSSR count). The Hall–Kier alpha value is -3.60. The van der Waals surface area contributed by atoms with E-state index < -0.39 is 0 Å². The number of ether oxygens (including phenoxy) is 1. The fourth-order valence-electron chi connectivity index (χ4n) is 4.38. The first-order valence-corrected chi connectivity index (χ1v) is 10.4. The van der Waals surface area contributed by atoms with Gasteiger partial charge in [0.15, 0.2) is 0 Å². The van der Waals surface area contributed by atoms with Crippen molar-refractivity contribution >= 4 is 23.2 Å². The molecule has 0 saturated carbocycles. The van der Waals surface area contributed by atoms with Gasteiger partial charge in [-0.2, -0.15) is 0 Å². The highest BCUT2D eigenvalue weighted by molar-refractivity contribution is 6.07. The number of anilines is 2. The second-order valence-corrected chi connectivity index (χ2v) is 7.79. The minimum Gasteiger partial charge on any atom is -0.497 e. The molecule has 0 fully saturated rings. The summed E-state index contributed by atoms with van der Waals surface area (Å²) in [5.74, 6) is 0.631. The van der Waals surface area contributed by atoms with Crippen LogP contribution < -0.4 is 14.5 Å². The van der Waals surface area contributed by atoms with Crippen LogP contribution in [0, 0.1) is 0 Å². The monoisotopic (exact) mass is 414 g/mol. The second kappa shape index (κ2) is 8.64. The maximum absolute atomic E-state index is 13.5. The lowest BCUT2D eigenvalue weighted by molar-refractivity contribution is -0.117. The molecule has 2 amide bonds. The number of benzene rings is 3. The van der Waals surface area contributed by atoms with Crippen molar-refractivity contribution in [1.29, 1.82) is 0 Å². The molecule has 0 bridgehead atoms. The molecule has 0 saturated heterocycles. The number of amides is 2. The first-order valence-electron chi connectivity index (χ1n) is 10.4. The van der Waals surface area contributed by atoms with Gasteiger partial charge >= 0.3 is 0 Å². The number of hydrogen-bond donors (Lipinski definition) is 0. The summed E-state index contributed by atoms with van der Waals surface area (Å²) in [6, 6.07) is 24.5. The molecule has 158 valence electrons. The molecular formula is C26H26N2O3. The normalized spacial score (nSPS) is 17.6. The van der Waals surface area contributed by atoms with Gasteiger partial charge in [-0.15, -0.1) is 0 Å². The van der Waals surface area contributed by atoms with E-state index in [0.29, 0.717) is 17.7 Å². The van der Waals surface area contributed by atoms with Crippen molar-refractivity contribution in [1.82, 2.24) is 0 Å². The van der Waals surface area contributed by atoms with E-state index in [2.05, 4.69) is 0 Å². The number of hydrogen-bond acceptors (Lipinski definition) is 3. The van der Waals surface area contributed by atoms with Crippen LogP contribution >= 0.6 is 0 Å². The average Bonchev–Trinajstić information content (AvgIpc) is 2.79. The number of rotatable bonds is 4. The number of para-hydroxylation sites is 2. The first kappa shape index (κ1) is 20.7. The lowest BCUT2D eigenvalue weighted by Gasteiger charge is -2.43. The van der Waals surface area contributed by atoms with Crippen LogP contribution in [0.15, 0.2) is 78.9 Å². The molecule has 2 unspecified atom stereocenters. The molecule has 1 aliphatic rings. The molecule has 5 heteroatoms. The van der Waals surface area contributed by atoms with Gasteiger partial charge in [0.2, 0.25) is 5.91 Å². The number of nitrogens with zero attached hydrogens (tertiary/aromatic N) is 2. The van der Waals surface area contributed by atoms with Gasteiger partial charge in [0.1, 0.15) is 5.75 Å². The largest absolute Gasteiger partial charge is 0.497 e. The van der Waals surface area contributed by atoms with Gasteiger partial charge in [0.25, 0.3) is 5.91 Å². The van der Waals surface area contributed by atoms with Gasteiger partial charge < -0.3 is 14.5 Å². The molecule has 3 aromatic rings. The molecule has 1 aliphatic heterocycles. The maximum Gasteiger partial charge on any atom is 0.258 e. The van der Waals surface area contributed by atoms with Crippen LogP contribution in [0.2, 0.25) is 0 Å². The predicted octanol–water partition coefficient (Wildman–Crippen LogP) is 5.23. The summed E-state index contributed by atoms with van der Waals surface area (Å²) < 4.78 is 5.21. The van der Waals surface area contributed by atoms with E-state index in [4.69, 9.17) is 4.74 Å². The Morgan fingerprint density at radius 3 is 2.23 bits per heavy atom. The zero-order valence-electron chi connectivity index (χ0n) is 18.0. The van der Waals surface area contributed by atoms with Gasteiger partial charge in [0.05, 0.1) is 13.2 Å². The summed E-state index contributed by atoms with van der Waals surface area (Å²) in [6.45, 7) is 3.63. The van der Waals surface area contributed by atoms with E-state index in [9.17, 15) is 9.59 Å². The molecular weight excluding hydrogens is 388 g/mol. The summed E-state index contributed by atoms with van der Waals surface area (Å²) in [4.78, 5) is 29.8. The molecule has 2 atom stereocenters. The van der Waals surface area contributed by atoms with Gasteiger partial charge in [-0.25, -0.2) is 0 Å². The highest BCUT2D eigenvalue weighted by Crippen LogP contribution is 2.42. The van der Waals surface area contributed by atoms with E-state index >= 15 is 0 Å². The average molecular weight is 415 g/mol. The van der Waals surface area contributed by atoms with Crippen molar-refractivity contribution in [2.45, 2.75) is 32.4 Å². The molecule has 1 heterocycles. The summed E-state index contributed by atoms with van der Waals surface area (Å²) >= 11 is 0. The Bertz CT molecular complexity index is 1080. The van der Waals surface area contributed by atoms with E-state index in [-0.39, 0.29) is 23.9 Å². The van der Waals surface area contributed by atoms with Crippen molar-refractivity contribution in [3.05, 3.63) is 90.0 Å². The third kappa shape index (κ3) is 3.91. The lowest BCUT2D eigenvalue weighted by Crippen LogP contribution is -2.47. The predicted molar refractivity (Wildman–Crippen MR) is 123 cm³/mol. The third-order valence-corrected chi connectivity index (χ3v) is 5.80. The minimum atomic E-state index is -0.147. The Labute approximate surface area is 182 Å². The summed E-state index contributed by atoms with van der Waals surface area (Å²) in [5, 5.41) is 0. The van der Waals surface area contributed by atoms with Crippen molar-refractivity contribution < 1.29 is 14.3 Å². The Kier molecular flexibility index (Phi) is 5.76. The van der Waals surface area contributed by atoms with Gasteiger partial charge in [-0.3, -0.25) is 9.59 Å². The van der Waals surface area contributed by atoms with Crippen LogP contribution in [0.3, 0.4) is 0 Å². The van der Waals surface area contributed by atoms with E-state index in [1.807, 2.05) is 71.3 Å². The summed E-state index contributed by atoms with van der Waals surface area (Å²) in [6.07, 6.45) is 0.646. The molecule has 31 heavy (non-hydrogen) atoms. The SMILES string of the molecule is COc1ccc(C(=O)N2c3ccccc3C(N(C(C)=O)c3ccccc3)CC2C)cc1. The highest BCUT2D eigenvalue weighted by Gasteiger charge is 2.38. The second-order valence-electron chi connectivity index (χ2n) is 7.79. The van der Waals surface area contributed by atoms with Crippen molar-refractivity contribution in [3.63, 3.8) is 0 Å². The van der Waals surface area contributed by atoms with Crippen LogP contribution in [0.25, 0.3) is 0 Å². The molecule has 3 aromatic carbocycles. The van der Waals surface area contributed by atoms with E-state index in [0.717, 1.165) is 16.9 Å².